The molecule has 1 aliphatic rings. The van der Waals surface area contributed by atoms with Crippen molar-refractivity contribution in [3.8, 4) is 0 Å². The van der Waals surface area contributed by atoms with E-state index in [1.165, 1.54) is 6.07 Å². The predicted octanol–water partition coefficient (Wildman–Crippen LogP) is 2.12. The lowest BCUT2D eigenvalue weighted by molar-refractivity contribution is -0.0145. The second kappa shape index (κ2) is 6.79. The maximum atomic E-state index is 12.7. The molecule has 5 nitrogen and oxygen atoms in total. The van der Waals surface area contributed by atoms with Crippen LogP contribution in [0.4, 0.5) is 0 Å². The fraction of sp³-hybridized carbons (Fsp3) is 0.562. The van der Waals surface area contributed by atoms with Crippen molar-refractivity contribution in [1.82, 2.24) is 4.90 Å². The molecule has 0 heterocycles. The summed E-state index contributed by atoms with van der Waals surface area (Å²) >= 11 is 0. The summed E-state index contributed by atoms with van der Waals surface area (Å²) in [5.74, 6) is -0.189. The van der Waals surface area contributed by atoms with E-state index in [-0.39, 0.29) is 34.3 Å². The fourth-order valence-corrected chi connectivity index (χ4v) is 4.23. The molecule has 0 spiro atoms. The lowest BCUT2D eigenvalue weighted by atomic mass is 9.88. The van der Waals surface area contributed by atoms with E-state index in [0.717, 1.165) is 12.8 Å². The summed E-state index contributed by atoms with van der Waals surface area (Å²) in [5, 5.41) is 0. The number of methoxy groups -OCH3 is 1. The third-order valence-electron chi connectivity index (χ3n) is 4.20. The van der Waals surface area contributed by atoms with Crippen molar-refractivity contribution in [3.05, 3.63) is 29.8 Å². The summed E-state index contributed by atoms with van der Waals surface area (Å²) in [5.41, 5.74) is 0.263. The van der Waals surface area contributed by atoms with Crippen LogP contribution in [0.25, 0.3) is 0 Å². The zero-order chi connectivity index (χ0) is 16.3. The minimum absolute atomic E-state index is 0.0518. The first kappa shape index (κ1) is 17.0. The van der Waals surface area contributed by atoms with Gasteiger partial charge in [-0.05, 0) is 31.4 Å². The first-order chi connectivity index (χ1) is 10.4. The molecule has 0 unspecified atom stereocenters. The highest BCUT2D eigenvalue weighted by molar-refractivity contribution is 7.91. The largest absolute Gasteiger partial charge is 0.381 e. The average molecular weight is 325 g/mol. The van der Waals surface area contributed by atoms with Crippen molar-refractivity contribution >= 4 is 15.7 Å². The van der Waals surface area contributed by atoms with Crippen molar-refractivity contribution in [2.24, 2.45) is 0 Å². The zero-order valence-corrected chi connectivity index (χ0v) is 14.1. The molecule has 1 saturated carbocycles. The summed E-state index contributed by atoms with van der Waals surface area (Å²) in [6, 6.07) is 6.58. The lowest BCUT2D eigenvalue weighted by Gasteiger charge is -2.40. The molecule has 1 aromatic carbocycles. The van der Waals surface area contributed by atoms with Gasteiger partial charge in [-0.2, -0.15) is 0 Å². The second-order valence-corrected chi connectivity index (χ2v) is 7.79. The number of benzene rings is 1. The van der Waals surface area contributed by atoms with Crippen molar-refractivity contribution in [2.75, 3.05) is 19.9 Å². The van der Waals surface area contributed by atoms with E-state index in [4.69, 9.17) is 4.74 Å². The standard InChI is InChI=1S/C16H23NO4S/c1-4-9-22(19,20)15-8-6-5-7-14(15)16(18)17(2)12-10-13(11-12)21-3/h5-8,12-13H,4,9-11H2,1-3H3. The molecule has 1 aliphatic carbocycles. The van der Waals surface area contributed by atoms with Crippen LogP contribution in [0.3, 0.4) is 0 Å². The minimum atomic E-state index is -3.42. The third kappa shape index (κ3) is 3.33. The molecular weight excluding hydrogens is 302 g/mol. The molecule has 1 fully saturated rings. The number of hydrogen-bond donors (Lipinski definition) is 0. The number of nitrogens with zero attached hydrogens (tertiary/aromatic N) is 1. The Kier molecular flexibility index (Phi) is 5.24. The lowest BCUT2D eigenvalue weighted by Crippen LogP contribution is -2.48. The maximum Gasteiger partial charge on any atom is 0.255 e. The average Bonchev–Trinajstić information content (AvgIpc) is 2.45. The number of amides is 1. The Morgan fingerprint density at radius 1 is 1.32 bits per heavy atom. The molecule has 0 N–H and O–H groups in total. The van der Waals surface area contributed by atoms with Crippen LogP contribution < -0.4 is 0 Å². The van der Waals surface area contributed by atoms with Crippen molar-refractivity contribution < 1.29 is 17.9 Å². The van der Waals surface area contributed by atoms with Gasteiger partial charge in [-0.15, -0.1) is 0 Å². The first-order valence-corrected chi connectivity index (χ1v) is 9.17. The Labute approximate surface area is 132 Å². The Morgan fingerprint density at radius 2 is 1.95 bits per heavy atom. The van der Waals surface area contributed by atoms with Crippen LogP contribution in [0.5, 0.6) is 0 Å². The summed E-state index contributed by atoms with van der Waals surface area (Å²) in [6.07, 6.45) is 2.31. The second-order valence-electron chi connectivity index (χ2n) is 5.71. The monoisotopic (exact) mass is 325 g/mol. The van der Waals surface area contributed by atoms with Gasteiger partial charge < -0.3 is 9.64 Å². The quantitative estimate of drug-likeness (QED) is 0.804. The Hall–Kier alpha value is -1.40. The van der Waals surface area contributed by atoms with E-state index < -0.39 is 9.84 Å². The molecular formula is C16H23NO4S. The van der Waals surface area contributed by atoms with E-state index in [9.17, 15) is 13.2 Å². The summed E-state index contributed by atoms with van der Waals surface area (Å²) in [6.45, 7) is 1.81. The molecule has 0 atom stereocenters. The Bertz CT molecular complexity index is 635. The molecule has 22 heavy (non-hydrogen) atoms. The Morgan fingerprint density at radius 3 is 2.55 bits per heavy atom. The number of carbonyl (C=O) groups excluding carboxylic acids is 1. The van der Waals surface area contributed by atoms with Gasteiger partial charge in [0.2, 0.25) is 0 Å². The van der Waals surface area contributed by atoms with Crippen LogP contribution in [0.15, 0.2) is 29.2 Å². The van der Waals surface area contributed by atoms with E-state index in [2.05, 4.69) is 0 Å². The minimum Gasteiger partial charge on any atom is -0.381 e. The maximum absolute atomic E-state index is 12.7. The van der Waals surface area contributed by atoms with Gasteiger partial charge >= 0.3 is 0 Å². The normalized spacial score (nSPS) is 21.2. The van der Waals surface area contributed by atoms with E-state index in [1.54, 1.807) is 37.3 Å². The molecule has 1 amide bonds. The highest BCUT2D eigenvalue weighted by atomic mass is 32.2. The van der Waals surface area contributed by atoms with Gasteiger partial charge in [0.15, 0.2) is 9.84 Å². The number of ether oxygens (including phenoxy) is 1. The molecule has 0 saturated heterocycles. The van der Waals surface area contributed by atoms with Crippen molar-refractivity contribution in [3.63, 3.8) is 0 Å². The number of rotatable bonds is 6. The van der Waals surface area contributed by atoms with Gasteiger partial charge in [-0.3, -0.25) is 4.79 Å². The molecule has 6 heteroatoms. The number of carbonyl (C=O) groups is 1. The van der Waals surface area contributed by atoms with Gasteiger partial charge in [0.25, 0.3) is 5.91 Å². The number of hydrogen-bond acceptors (Lipinski definition) is 4. The van der Waals surface area contributed by atoms with Gasteiger partial charge in [0, 0.05) is 20.2 Å². The van der Waals surface area contributed by atoms with E-state index in [1.807, 2.05) is 6.92 Å². The van der Waals surface area contributed by atoms with Gasteiger partial charge in [0.1, 0.15) is 0 Å². The molecule has 2 rings (SSSR count). The first-order valence-electron chi connectivity index (χ1n) is 7.52. The SMILES string of the molecule is CCCS(=O)(=O)c1ccccc1C(=O)N(C)C1CC(OC)C1. The van der Waals surface area contributed by atoms with Gasteiger partial charge in [0.05, 0.1) is 22.3 Å². The van der Waals surface area contributed by atoms with Crippen LogP contribution in [0.1, 0.15) is 36.5 Å². The third-order valence-corrected chi connectivity index (χ3v) is 6.17. The highest BCUT2D eigenvalue weighted by Gasteiger charge is 2.35. The summed E-state index contributed by atoms with van der Waals surface area (Å²) < 4.78 is 29.9. The molecule has 0 bridgehead atoms. The molecule has 0 radical (unpaired) electrons. The van der Waals surface area contributed by atoms with E-state index >= 15 is 0 Å². The van der Waals surface area contributed by atoms with Gasteiger partial charge in [-0.1, -0.05) is 19.1 Å². The predicted molar refractivity (Wildman–Crippen MR) is 84.7 cm³/mol. The topological polar surface area (TPSA) is 63.7 Å². The molecule has 122 valence electrons. The van der Waals surface area contributed by atoms with Crippen molar-refractivity contribution in [1.29, 1.82) is 0 Å². The molecule has 0 aliphatic heterocycles. The summed E-state index contributed by atoms with van der Waals surface area (Å²) in [7, 11) is -0.0352. The van der Waals surface area contributed by atoms with Crippen molar-refractivity contribution in [2.45, 2.75) is 43.2 Å². The molecule has 1 aromatic rings. The molecule has 0 aromatic heterocycles. The van der Waals surface area contributed by atoms with Crippen LogP contribution in [-0.2, 0) is 14.6 Å². The van der Waals surface area contributed by atoms with Crippen LogP contribution in [0, 0.1) is 0 Å². The van der Waals surface area contributed by atoms with E-state index in [0.29, 0.717) is 6.42 Å². The Balaban J connectivity index is 2.24. The van der Waals surface area contributed by atoms with Crippen LogP contribution >= 0.6 is 0 Å². The number of sulfone groups is 1. The zero-order valence-electron chi connectivity index (χ0n) is 13.3. The van der Waals surface area contributed by atoms with Crippen LogP contribution in [0.2, 0.25) is 0 Å². The summed E-state index contributed by atoms with van der Waals surface area (Å²) in [4.78, 5) is 14.4. The highest BCUT2D eigenvalue weighted by Crippen LogP contribution is 2.29. The van der Waals surface area contributed by atoms with Gasteiger partial charge in [-0.25, -0.2) is 8.42 Å². The fourth-order valence-electron chi connectivity index (χ4n) is 2.70. The smallest absolute Gasteiger partial charge is 0.255 e. The van der Waals surface area contributed by atoms with Crippen LogP contribution in [-0.4, -0.2) is 51.3 Å².